The second-order valence-electron chi connectivity index (χ2n) is 5.58. The minimum Gasteiger partial charge on any atom is -0.381 e. The summed E-state index contributed by atoms with van der Waals surface area (Å²) in [6.07, 6.45) is 3.81. The average Bonchev–Trinajstić information content (AvgIpc) is 3.23. The largest absolute Gasteiger partial charge is 0.381 e. The third-order valence-corrected chi connectivity index (χ3v) is 4.48. The zero-order chi connectivity index (χ0) is 14.0. The van der Waals surface area contributed by atoms with Crippen LogP contribution in [0.5, 0.6) is 0 Å². The molecule has 1 saturated carbocycles. The lowest BCUT2D eigenvalue weighted by Crippen LogP contribution is -2.53. The molecule has 1 aliphatic heterocycles. The Kier molecular flexibility index (Phi) is 3.98. The van der Waals surface area contributed by atoms with Crippen molar-refractivity contribution in [3.8, 4) is 0 Å². The van der Waals surface area contributed by atoms with Gasteiger partial charge < -0.3 is 15.4 Å². The Hall–Kier alpha value is -1.07. The summed E-state index contributed by atoms with van der Waals surface area (Å²) >= 11 is 3.51. The highest BCUT2D eigenvalue weighted by atomic mass is 79.9. The van der Waals surface area contributed by atoms with Crippen LogP contribution in [0.15, 0.2) is 28.7 Å². The summed E-state index contributed by atoms with van der Waals surface area (Å²) in [4.78, 5) is 12.2. The van der Waals surface area contributed by atoms with Gasteiger partial charge in [0.1, 0.15) is 0 Å². The highest BCUT2D eigenvalue weighted by molar-refractivity contribution is 9.10. The molecule has 3 rings (SSSR count). The van der Waals surface area contributed by atoms with Crippen molar-refractivity contribution in [2.75, 3.05) is 13.2 Å². The Morgan fingerprint density at radius 2 is 2.05 bits per heavy atom. The third-order valence-electron chi connectivity index (χ3n) is 3.99. The molecule has 1 aromatic carbocycles. The number of hydrogen-bond donors (Lipinski definition) is 2. The van der Waals surface area contributed by atoms with Crippen LogP contribution in [0.3, 0.4) is 0 Å². The molecular formula is C15H19BrN2O2. The highest BCUT2D eigenvalue weighted by Gasteiger charge is 2.37. The van der Waals surface area contributed by atoms with Gasteiger partial charge in [-0.25, -0.2) is 4.79 Å². The fraction of sp³-hybridized carbons (Fsp3) is 0.533. The SMILES string of the molecule is O=C(NC1CC1)NC1(c2cccc(Br)c2)CCOCC1. The van der Waals surface area contributed by atoms with Crippen molar-refractivity contribution in [1.82, 2.24) is 10.6 Å². The van der Waals surface area contributed by atoms with Crippen molar-refractivity contribution in [3.63, 3.8) is 0 Å². The van der Waals surface area contributed by atoms with Crippen molar-refractivity contribution in [2.24, 2.45) is 0 Å². The number of ether oxygens (including phenoxy) is 1. The van der Waals surface area contributed by atoms with E-state index in [2.05, 4.69) is 38.7 Å². The predicted molar refractivity (Wildman–Crippen MR) is 80.6 cm³/mol. The molecule has 0 atom stereocenters. The van der Waals surface area contributed by atoms with E-state index in [0.717, 1.165) is 35.7 Å². The normalized spacial score (nSPS) is 21.2. The molecule has 2 aliphatic rings. The Morgan fingerprint density at radius 3 is 2.70 bits per heavy atom. The van der Waals surface area contributed by atoms with Crippen LogP contribution in [-0.4, -0.2) is 25.3 Å². The smallest absolute Gasteiger partial charge is 0.315 e. The summed E-state index contributed by atoms with van der Waals surface area (Å²) in [5.74, 6) is 0. The van der Waals surface area contributed by atoms with Crippen LogP contribution in [-0.2, 0) is 10.3 Å². The molecule has 0 unspecified atom stereocenters. The fourth-order valence-corrected chi connectivity index (χ4v) is 3.06. The standard InChI is InChI=1S/C15H19BrN2O2/c16-12-3-1-2-11(10-12)15(6-8-20-9-7-15)18-14(19)17-13-4-5-13/h1-3,10,13H,4-9H2,(H2,17,18,19). The topological polar surface area (TPSA) is 50.4 Å². The summed E-state index contributed by atoms with van der Waals surface area (Å²) in [6, 6.07) is 8.48. The maximum absolute atomic E-state index is 12.2. The maximum atomic E-state index is 12.2. The van der Waals surface area contributed by atoms with Gasteiger partial charge in [0.25, 0.3) is 0 Å². The van der Waals surface area contributed by atoms with E-state index in [-0.39, 0.29) is 11.6 Å². The number of amides is 2. The first kappa shape index (κ1) is 13.9. The zero-order valence-corrected chi connectivity index (χ0v) is 12.9. The molecule has 108 valence electrons. The second-order valence-corrected chi connectivity index (χ2v) is 6.49. The van der Waals surface area contributed by atoms with E-state index in [1.165, 1.54) is 0 Å². The van der Waals surface area contributed by atoms with Crippen LogP contribution in [0.2, 0.25) is 0 Å². The summed E-state index contributed by atoms with van der Waals surface area (Å²) < 4.78 is 6.50. The number of halogens is 1. The Bertz CT molecular complexity index is 496. The van der Waals surface area contributed by atoms with Gasteiger partial charge in [-0.15, -0.1) is 0 Å². The van der Waals surface area contributed by atoms with E-state index in [9.17, 15) is 4.79 Å². The van der Waals surface area contributed by atoms with E-state index < -0.39 is 0 Å². The van der Waals surface area contributed by atoms with Gasteiger partial charge in [0.2, 0.25) is 0 Å². The summed E-state index contributed by atoms with van der Waals surface area (Å²) in [5, 5.41) is 6.20. The second kappa shape index (κ2) is 5.74. The van der Waals surface area contributed by atoms with Gasteiger partial charge in [-0.05, 0) is 43.4 Å². The lowest BCUT2D eigenvalue weighted by atomic mass is 9.83. The van der Waals surface area contributed by atoms with Crippen LogP contribution in [0.1, 0.15) is 31.2 Å². The molecule has 0 radical (unpaired) electrons. The van der Waals surface area contributed by atoms with Crippen molar-refractivity contribution in [1.29, 1.82) is 0 Å². The highest BCUT2D eigenvalue weighted by Crippen LogP contribution is 2.33. The summed E-state index contributed by atoms with van der Waals surface area (Å²) in [6.45, 7) is 1.35. The molecule has 0 aromatic heterocycles. The van der Waals surface area contributed by atoms with Gasteiger partial charge in [0.05, 0.1) is 5.54 Å². The van der Waals surface area contributed by atoms with Crippen molar-refractivity contribution in [3.05, 3.63) is 34.3 Å². The van der Waals surface area contributed by atoms with Gasteiger partial charge in [-0.3, -0.25) is 0 Å². The van der Waals surface area contributed by atoms with Crippen LogP contribution < -0.4 is 10.6 Å². The van der Waals surface area contributed by atoms with Crippen LogP contribution in [0, 0.1) is 0 Å². The molecular weight excluding hydrogens is 320 g/mol. The van der Waals surface area contributed by atoms with Crippen molar-refractivity contribution >= 4 is 22.0 Å². The number of benzene rings is 1. The predicted octanol–water partition coefficient (Wildman–Crippen LogP) is 2.92. The third kappa shape index (κ3) is 3.15. The molecule has 0 spiro atoms. The first-order valence-corrected chi connectivity index (χ1v) is 7.90. The Balaban J connectivity index is 1.81. The lowest BCUT2D eigenvalue weighted by molar-refractivity contribution is 0.0409. The molecule has 2 amide bonds. The molecule has 0 bridgehead atoms. The van der Waals surface area contributed by atoms with Crippen LogP contribution in [0.4, 0.5) is 4.79 Å². The molecule has 1 saturated heterocycles. The average molecular weight is 339 g/mol. The Labute approximate surface area is 127 Å². The molecule has 1 heterocycles. The van der Waals surface area contributed by atoms with Gasteiger partial charge in [0.15, 0.2) is 0 Å². The minimum atomic E-state index is -0.318. The molecule has 4 nitrogen and oxygen atoms in total. The minimum absolute atomic E-state index is 0.0608. The molecule has 2 N–H and O–H groups in total. The lowest BCUT2D eigenvalue weighted by Gasteiger charge is -2.38. The van der Waals surface area contributed by atoms with Crippen LogP contribution >= 0.6 is 15.9 Å². The maximum Gasteiger partial charge on any atom is 0.315 e. The van der Waals surface area contributed by atoms with E-state index in [1.807, 2.05) is 12.1 Å². The summed E-state index contributed by atoms with van der Waals surface area (Å²) in [5.41, 5.74) is 0.821. The Morgan fingerprint density at radius 1 is 1.30 bits per heavy atom. The number of carbonyl (C=O) groups excluding carboxylic acids is 1. The quantitative estimate of drug-likeness (QED) is 0.890. The van der Waals surface area contributed by atoms with E-state index in [0.29, 0.717) is 19.3 Å². The van der Waals surface area contributed by atoms with Gasteiger partial charge in [0, 0.05) is 23.7 Å². The van der Waals surface area contributed by atoms with Crippen molar-refractivity contribution < 1.29 is 9.53 Å². The first-order valence-electron chi connectivity index (χ1n) is 7.10. The molecule has 2 fully saturated rings. The van der Waals surface area contributed by atoms with E-state index >= 15 is 0 Å². The zero-order valence-electron chi connectivity index (χ0n) is 11.3. The summed E-state index contributed by atoms with van der Waals surface area (Å²) in [7, 11) is 0. The van der Waals surface area contributed by atoms with Gasteiger partial charge in [-0.2, -0.15) is 0 Å². The van der Waals surface area contributed by atoms with Gasteiger partial charge in [-0.1, -0.05) is 28.1 Å². The number of hydrogen-bond acceptors (Lipinski definition) is 2. The molecule has 1 aliphatic carbocycles. The number of carbonyl (C=O) groups is 1. The van der Waals surface area contributed by atoms with E-state index in [4.69, 9.17) is 4.74 Å². The van der Waals surface area contributed by atoms with Crippen molar-refractivity contribution in [2.45, 2.75) is 37.3 Å². The molecule has 5 heteroatoms. The van der Waals surface area contributed by atoms with Crippen LogP contribution in [0.25, 0.3) is 0 Å². The molecule has 20 heavy (non-hydrogen) atoms. The fourth-order valence-electron chi connectivity index (χ4n) is 2.66. The van der Waals surface area contributed by atoms with E-state index in [1.54, 1.807) is 0 Å². The van der Waals surface area contributed by atoms with Gasteiger partial charge >= 0.3 is 6.03 Å². The monoisotopic (exact) mass is 338 g/mol. The number of rotatable bonds is 3. The first-order chi connectivity index (χ1) is 9.68. The number of urea groups is 1. The number of nitrogens with one attached hydrogen (secondary N) is 2. The molecule has 1 aromatic rings.